The third-order valence-electron chi connectivity index (χ3n) is 15.6. The Bertz CT molecular complexity index is 4520. The number of hydrogen-bond acceptors (Lipinski definition) is 11. The van der Waals surface area contributed by atoms with E-state index in [1.54, 1.807) is 67.4 Å². The molecule has 17 heteroatoms. The fourth-order valence-electron chi connectivity index (χ4n) is 10.9. The minimum atomic E-state index is -0.348. The highest BCUT2D eigenvalue weighted by molar-refractivity contribution is 7.98. The lowest BCUT2D eigenvalue weighted by Crippen LogP contribution is -2.08. The van der Waals surface area contributed by atoms with Crippen LogP contribution in [0, 0.1) is 0 Å². The van der Waals surface area contributed by atoms with Crippen LogP contribution in [0.3, 0.4) is 0 Å². The first kappa shape index (κ1) is 75.6. The SMILES string of the molecule is c1ccc([S+](c2ccccc2)c2ccncc2)cc1.c1ccc([S+](c2ccccc2)c2ccoc2)cc1.c1ccc([S+](c2ccccc2)c2ccsc2)cc1.c1ccc([S+](c2ccccc2)c2cnccn2)cc1.c1ccc([S+](c2ccncc2)c2ccccn2)nc1.c1coc([S+](c2ccoc2)c2ccco2)c1. The van der Waals surface area contributed by atoms with Crippen molar-refractivity contribution >= 4 is 76.7 Å². The number of nitrogens with zero attached hydrogens (tertiary/aromatic N) is 6. The van der Waals surface area contributed by atoms with Crippen LogP contribution in [0.2, 0.25) is 0 Å². The van der Waals surface area contributed by atoms with Gasteiger partial charge >= 0.3 is 10.2 Å². The molecule has 0 aliphatic rings. The van der Waals surface area contributed by atoms with Gasteiger partial charge in [0, 0.05) is 115 Å². The highest BCUT2D eigenvalue weighted by atomic mass is 32.2. The summed E-state index contributed by atoms with van der Waals surface area (Å²) in [6.45, 7) is 0. The molecule has 0 atom stereocenters. The van der Waals surface area contributed by atoms with E-state index in [-0.39, 0.29) is 65.4 Å². The topological polar surface area (TPSA) is 130 Å². The van der Waals surface area contributed by atoms with Crippen molar-refractivity contribution < 1.29 is 17.7 Å². The zero-order valence-corrected chi connectivity index (χ0v) is 64.6. The molecule has 10 heterocycles. The summed E-state index contributed by atoms with van der Waals surface area (Å²) in [5.41, 5.74) is 0. The Hall–Kier alpha value is -11.6. The van der Waals surface area contributed by atoms with Crippen LogP contribution in [0.5, 0.6) is 0 Å². The first-order chi connectivity index (χ1) is 54.2. The summed E-state index contributed by atoms with van der Waals surface area (Å²) >= 11 is 1.76. The van der Waals surface area contributed by atoms with Crippen molar-refractivity contribution in [3.63, 3.8) is 0 Å². The predicted molar refractivity (Wildman–Crippen MR) is 443 cm³/mol. The molecular formula is C92H74N6O4S7+6. The molecule has 0 aliphatic heterocycles. The second kappa shape index (κ2) is 41.5. The molecule has 0 N–H and O–H groups in total. The van der Waals surface area contributed by atoms with Gasteiger partial charge in [-0.3, -0.25) is 15.0 Å². The number of thiophene rings is 1. The minimum Gasteiger partial charge on any atom is -0.467 e. The van der Waals surface area contributed by atoms with E-state index >= 15 is 0 Å². The quantitative estimate of drug-likeness (QED) is 0.0766. The van der Waals surface area contributed by atoms with Crippen LogP contribution in [-0.4, -0.2) is 29.9 Å². The standard InChI is InChI=1S/C17H14NS.C16H13N2S.C16H13OS.C16H13S2.C15H12N3S.C12H9O3S/c1-3-7-15(8-4-1)19(16-9-5-2-6-10-16)17-11-13-18-14-12-17;1-3-7-14(8-4-1)19(15-9-5-2-6-10-15)16-13-17-11-12-18-16;2*1-3-7-14(8-4-1)18(16-11-12-17-13-16)15-9-5-2-6-10-15;1-3-9-17-14(5-1)19(13-7-11-16-12-8-13)15-6-2-4-10-18-15;1-3-11(14-6-1)16(10-5-8-13-9-10)12-4-2-7-15-12/h1-14H;1-13H;2*1-13H;1-12H;1-9H/q6*+1. The summed E-state index contributed by atoms with van der Waals surface area (Å²) < 4.78 is 21.3. The van der Waals surface area contributed by atoms with E-state index in [9.17, 15) is 0 Å². The Morgan fingerprint density at radius 3 is 0.853 bits per heavy atom. The van der Waals surface area contributed by atoms with E-state index in [4.69, 9.17) is 17.7 Å². The van der Waals surface area contributed by atoms with Crippen LogP contribution in [0.4, 0.5) is 0 Å². The number of aromatic nitrogens is 6. The van der Waals surface area contributed by atoms with Gasteiger partial charge in [-0.05, 0) is 127 Å². The minimum absolute atomic E-state index is 0.0269. The second-order valence-corrected chi connectivity index (χ2v) is 35.5. The molecule has 532 valence electrons. The van der Waals surface area contributed by atoms with Gasteiger partial charge in [-0.15, -0.1) is 11.3 Å². The largest absolute Gasteiger partial charge is 0.467 e. The lowest BCUT2D eigenvalue weighted by molar-refractivity contribution is 0.448. The molecule has 10 aromatic heterocycles. The van der Waals surface area contributed by atoms with E-state index in [2.05, 4.69) is 277 Å². The number of benzene rings is 8. The summed E-state index contributed by atoms with van der Waals surface area (Å²) in [5.74, 6) is 0. The van der Waals surface area contributed by atoms with E-state index in [1.165, 1.54) is 58.7 Å². The second-order valence-electron chi connectivity index (χ2n) is 22.8. The summed E-state index contributed by atoms with van der Waals surface area (Å²) in [5, 5.41) is 9.19. The van der Waals surface area contributed by atoms with Crippen LogP contribution >= 0.6 is 11.3 Å². The molecule has 8 aromatic carbocycles. The smallest absolute Gasteiger partial charge is 0.328 e. The van der Waals surface area contributed by atoms with Crippen molar-refractivity contribution in [2.24, 2.45) is 0 Å². The average Bonchev–Trinajstić information content (AvgIpc) is 1.21. The Labute approximate surface area is 657 Å². The maximum absolute atomic E-state index is 5.45. The lowest BCUT2D eigenvalue weighted by atomic mass is 10.4. The zero-order valence-electron chi connectivity index (χ0n) is 58.9. The van der Waals surface area contributed by atoms with Gasteiger partial charge < -0.3 is 17.7 Å². The van der Waals surface area contributed by atoms with Gasteiger partial charge in [-0.25, -0.2) is 15.0 Å². The Morgan fingerprint density at radius 1 is 0.211 bits per heavy atom. The third-order valence-corrected chi connectivity index (χ3v) is 29.2. The lowest BCUT2D eigenvalue weighted by Gasteiger charge is -2.06. The summed E-state index contributed by atoms with van der Waals surface area (Å²) in [4.78, 5) is 42.5. The van der Waals surface area contributed by atoms with Crippen LogP contribution in [-0.2, 0) is 65.4 Å². The highest BCUT2D eigenvalue weighted by Gasteiger charge is 2.37. The van der Waals surface area contributed by atoms with E-state index in [0.717, 1.165) is 30.2 Å². The zero-order chi connectivity index (χ0) is 74.0. The van der Waals surface area contributed by atoms with Gasteiger partial charge in [0.1, 0.15) is 62.3 Å². The number of pyridine rings is 4. The fraction of sp³-hybridized carbons (Fsp3) is 0. The van der Waals surface area contributed by atoms with Crippen molar-refractivity contribution in [3.8, 4) is 0 Å². The highest BCUT2D eigenvalue weighted by Crippen LogP contribution is 2.37. The Morgan fingerprint density at radius 2 is 0.541 bits per heavy atom. The molecule has 18 rings (SSSR count). The molecule has 0 saturated carbocycles. The van der Waals surface area contributed by atoms with Crippen molar-refractivity contribution in [1.29, 1.82) is 0 Å². The maximum atomic E-state index is 5.45. The first-order valence-corrected chi connectivity index (χ1v) is 42.9. The summed E-state index contributed by atoms with van der Waals surface area (Å²) in [7, 11) is -0.918. The predicted octanol–water partition coefficient (Wildman–Crippen LogP) is 23.5. The summed E-state index contributed by atoms with van der Waals surface area (Å²) in [6.07, 6.45) is 26.6. The number of furan rings is 4. The van der Waals surface area contributed by atoms with Crippen LogP contribution in [0.15, 0.2) is 556 Å². The summed E-state index contributed by atoms with van der Waals surface area (Å²) in [6, 6.07) is 119. The Kier molecular flexibility index (Phi) is 28.8. The van der Waals surface area contributed by atoms with Crippen molar-refractivity contribution in [2.45, 2.75) is 88.9 Å². The molecule has 0 bridgehead atoms. The molecule has 0 unspecified atom stereocenters. The van der Waals surface area contributed by atoms with Gasteiger partial charge in [0.25, 0.3) is 15.1 Å². The number of hydrogen-bond donors (Lipinski definition) is 0. The molecule has 0 amide bonds. The van der Waals surface area contributed by atoms with E-state index < -0.39 is 0 Å². The molecule has 0 radical (unpaired) electrons. The molecule has 10 nitrogen and oxygen atoms in total. The monoisotopic (exact) mass is 1550 g/mol. The van der Waals surface area contributed by atoms with Gasteiger partial charge in [0.15, 0.2) is 64.7 Å². The fourth-order valence-corrected chi connectivity index (χ4v) is 23.5. The van der Waals surface area contributed by atoms with Crippen LogP contribution < -0.4 is 0 Å². The van der Waals surface area contributed by atoms with Gasteiger partial charge in [-0.2, -0.15) is 0 Å². The van der Waals surface area contributed by atoms with E-state index in [1.807, 2.05) is 146 Å². The first-order valence-electron chi connectivity index (χ1n) is 34.6. The maximum Gasteiger partial charge on any atom is 0.328 e. The molecule has 18 aromatic rings. The Balaban J connectivity index is 0.000000115. The van der Waals surface area contributed by atoms with Gasteiger partial charge in [0.2, 0.25) is 9.79 Å². The molecule has 0 saturated heterocycles. The van der Waals surface area contributed by atoms with E-state index in [0.29, 0.717) is 0 Å². The number of rotatable bonds is 18. The third kappa shape index (κ3) is 21.6. The molecule has 0 fully saturated rings. The molecule has 0 spiro atoms. The van der Waals surface area contributed by atoms with Gasteiger partial charge in [0.05, 0.1) is 42.1 Å². The average molecular weight is 1550 g/mol. The normalized spacial score (nSPS) is 10.7. The molecular weight excluding hydrogens is 1480 g/mol. The van der Waals surface area contributed by atoms with Crippen LogP contribution in [0.25, 0.3) is 0 Å². The molecule has 0 aliphatic carbocycles. The molecule has 109 heavy (non-hydrogen) atoms. The van der Waals surface area contributed by atoms with Crippen LogP contribution in [0.1, 0.15) is 0 Å². The van der Waals surface area contributed by atoms with Gasteiger partial charge in [-0.1, -0.05) is 158 Å². The van der Waals surface area contributed by atoms with Crippen molar-refractivity contribution in [3.05, 3.63) is 450 Å². The van der Waals surface area contributed by atoms with Crippen molar-refractivity contribution in [2.75, 3.05) is 0 Å². The van der Waals surface area contributed by atoms with Crippen molar-refractivity contribution in [1.82, 2.24) is 29.9 Å².